The summed E-state index contributed by atoms with van der Waals surface area (Å²) in [6.07, 6.45) is -4.52. The molecule has 2 rings (SSSR count). The van der Waals surface area contributed by atoms with Gasteiger partial charge in [0.1, 0.15) is 10.8 Å². The fourth-order valence-corrected chi connectivity index (χ4v) is 2.48. The SMILES string of the molecule is Cc1cc(Cl)n(-c2c(Cl)cc(C(F)(F)F)cc2Cl)n1. The van der Waals surface area contributed by atoms with Crippen LogP contribution in [-0.2, 0) is 6.18 Å². The number of hydrogen-bond donors (Lipinski definition) is 0. The zero-order valence-electron chi connectivity index (χ0n) is 9.39. The van der Waals surface area contributed by atoms with E-state index in [0.717, 1.165) is 12.1 Å². The monoisotopic (exact) mass is 328 g/mol. The zero-order valence-corrected chi connectivity index (χ0v) is 11.7. The number of halogens is 6. The van der Waals surface area contributed by atoms with Crippen molar-refractivity contribution in [3.63, 3.8) is 0 Å². The van der Waals surface area contributed by atoms with Crippen LogP contribution in [0.25, 0.3) is 5.69 Å². The number of aromatic nitrogens is 2. The van der Waals surface area contributed by atoms with Gasteiger partial charge in [-0.15, -0.1) is 0 Å². The fraction of sp³-hybridized carbons (Fsp3) is 0.182. The summed E-state index contributed by atoms with van der Waals surface area (Å²) in [7, 11) is 0. The van der Waals surface area contributed by atoms with Gasteiger partial charge < -0.3 is 0 Å². The summed E-state index contributed by atoms with van der Waals surface area (Å²) in [6.45, 7) is 1.69. The van der Waals surface area contributed by atoms with Gasteiger partial charge in [0.15, 0.2) is 0 Å². The first kappa shape index (κ1) is 14.5. The Labute approximate surface area is 121 Å². The predicted octanol–water partition coefficient (Wildman–Crippen LogP) is 5.16. The van der Waals surface area contributed by atoms with Crippen LogP contribution in [0.1, 0.15) is 11.3 Å². The van der Waals surface area contributed by atoms with E-state index in [4.69, 9.17) is 34.8 Å². The smallest absolute Gasteiger partial charge is 0.219 e. The molecule has 0 saturated heterocycles. The summed E-state index contributed by atoms with van der Waals surface area (Å²) in [6, 6.07) is 3.12. The van der Waals surface area contributed by atoms with E-state index in [1.165, 1.54) is 4.68 Å². The van der Waals surface area contributed by atoms with Gasteiger partial charge in [0.05, 0.1) is 21.3 Å². The van der Waals surface area contributed by atoms with Gasteiger partial charge in [-0.2, -0.15) is 18.3 Å². The van der Waals surface area contributed by atoms with Crippen molar-refractivity contribution in [2.75, 3.05) is 0 Å². The molecule has 19 heavy (non-hydrogen) atoms. The second-order valence-electron chi connectivity index (χ2n) is 3.81. The highest BCUT2D eigenvalue weighted by Gasteiger charge is 2.32. The minimum atomic E-state index is -4.52. The van der Waals surface area contributed by atoms with Crippen molar-refractivity contribution in [2.24, 2.45) is 0 Å². The van der Waals surface area contributed by atoms with Gasteiger partial charge in [0.25, 0.3) is 0 Å². The minimum absolute atomic E-state index is 0.120. The summed E-state index contributed by atoms with van der Waals surface area (Å²) in [4.78, 5) is 0. The minimum Gasteiger partial charge on any atom is -0.219 e. The third-order valence-electron chi connectivity index (χ3n) is 2.34. The molecule has 0 bridgehead atoms. The molecule has 1 heterocycles. The third kappa shape index (κ3) is 2.83. The lowest BCUT2D eigenvalue weighted by molar-refractivity contribution is -0.137. The number of alkyl halides is 3. The Kier molecular flexibility index (Phi) is 3.73. The molecule has 0 aliphatic heterocycles. The summed E-state index contributed by atoms with van der Waals surface area (Å²) in [5.74, 6) is 0. The molecule has 0 N–H and O–H groups in total. The Morgan fingerprint density at radius 1 is 1.05 bits per heavy atom. The largest absolute Gasteiger partial charge is 0.416 e. The van der Waals surface area contributed by atoms with E-state index in [1.807, 2.05) is 0 Å². The summed E-state index contributed by atoms with van der Waals surface area (Å²) in [5.41, 5.74) is -0.210. The van der Waals surface area contributed by atoms with Gasteiger partial charge in [-0.05, 0) is 25.1 Å². The lowest BCUT2D eigenvalue weighted by Gasteiger charge is -2.12. The number of rotatable bonds is 1. The van der Waals surface area contributed by atoms with Crippen LogP contribution in [0.3, 0.4) is 0 Å². The Bertz CT molecular complexity index is 612. The topological polar surface area (TPSA) is 17.8 Å². The van der Waals surface area contributed by atoms with Crippen molar-refractivity contribution in [3.8, 4) is 5.69 Å². The molecule has 2 aromatic rings. The Morgan fingerprint density at radius 3 is 1.95 bits per heavy atom. The van der Waals surface area contributed by atoms with Crippen LogP contribution < -0.4 is 0 Å². The van der Waals surface area contributed by atoms with E-state index in [-0.39, 0.29) is 20.9 Å². The average Bonchev–Trinajstić information content (AvgIpc) is 2.55. The molecule has 0 aliphatic carbocycles. The van der Waals surface area contributed by atoms with E-state index in [9.17, 15) is 13.2 Å². The molecule has 0 radical (unpaired) electrons. The molecule has 0 spiro atoms. The Balaban J connectivity index is 2.64. The maximum absolute atomic E-state index is 12.6. The molecule has 0 aliphatic rings. The van der Waals surface area contributed by atoms with Gasteiger partial charge >= 0.3 is 6.18 Å². The Morgan fingerprint density at radius 2 is 1.58 bits per heavy atom. The summed E-state index contributed by atoms with van der Waals surface area (Å²) < 4.78 is 39.0. The van der Waals surface area contributed by atoms with Crippen molar-refractivity contribution in [1.29, 1.82) is 0 Å². The highest BCUT2D eigenvalue weighted by Crippen LogP contribution is 2.38. The van der Waals surface area contributed by atoms with E-state index in [0.29, 0.717) is 5.69 Å². The second-order valence-corrected chi connectivity index (χ2v) is 5.01. The van der Waals surface area contributed by atoms with Crippen molar-refractivity contribution in [3.05, 3.63) is 44.7 Å². The van der Waals surface area contributed by atoms with Gasteiger partial charge in [-0.3, -0.25) is 0 Å². The molecule has 0 atom stereocenters. The van der Waals surface area contributed by atoms with Crippen molar-refractivity contribution < 1.29 is 13.2 Å². The maximum atomic E-state index is 12.6. The second kappa shape index (κ2) is 4.89. The van der Waals surface area contributed by atoms with Crippen molar-refractivity contribution >= 4 is 34.8 Å². The molecular weight excluding hydrogens is 323 g/mol. The van der Waals surface area contributed by atoms with Crippen LogP contribution in [0.2, 0.25) is 15.2 Å². The van der Waals surface area contributed by atoms with Crippen molar-refractivity contribution in [2.45, 2.75) is 13.1 Å². The summed E-state index contributed by atoms with van der Waals surface area (Å²) >= 11 is 17.6. The van der Waals surface area contributed by atoms with Crippen LogP contribution >= 0.6 is 34.8 Å². The maximum Gasteiger partial charge on any atom is 0.416 e. The van der Waals surface area contributed by atoms with E-state index < -0.39 is 11.7 Å². The van der Waals surface area contributed by atoms with E-state index in [1.54, 1.807) is 13.0 Å². The highest BCUT2D eigenvalue weighted by molar-refractivity contribution is 6.38. The molecular formula is C11H6Cl3F3N2. The van der Waals surface area contributed by atoms with Crippen LogP contribution in [0, 0.1) is 6.92 Å². The van der Waals surface area contributed by atoms with Gasteiger partial charge in [-0.1, -0.05) is 34.8 Å². The molecule has 1 aromatic heterocycles. The molecule has 0 fully saturated rings. The van der Waals surface area contributed by atoms with Crippen molar-refractivity contribution in [1.82, 2.24) is 9.78 Å². The van der Waals surface area contributed by atoms with Crippen LogP contribution in [0.5, 0.6) is 0 Å². The molecule has 0 unspecified atom stereocenters. The highest BCUT2D eigenvalue weighted by atomic mass is 35.5. The molecule has 102 valence electrons. The Hall–Kier alpha value is -0.910. The quantitative estimate of drug-likeness (QED) is 0.706. The van der Waals surface area contributed by atoms with Gasteiger partial charge in [0.2, 0.25) is 0 Å². The first-order chi connectivity index (χ1) is 8.70. The van der Waals surface area contributed by atoms with Gasteiger partial charge in [-0.25, -0.2) is 4.68 Å². The average molecular weight is 330 g/mol. The zero-order chi connectivity index (χ0) is 14.4. The van der Waals surface area contributed by atoms with E-state index in [2.05, 4.69) is 5.10 Å². The number of nitrogens with zero attached hydrogens (tertiary/aromatic N) is 2. The molecule has 2 nitrogen and oxygen atoms in total. The standard InChI is InChI=1S/C11H6Cl3F3N2/c1-5-2-9(14)19(18-5)10-7(12)3-6(4-8(10)13)11(15,16)17/h2-4H,1H3. The fourth-order valence-electron chi connectivity index (χ4n) is 1.56. The molecule has 1 aromatic carbocycles. The van der Waals surface area contributed by atoms with E-state index >= 15 is 0 Å². The number of hydrogen-bond acceptors (Lipinski definition) is 1. The number of aryl methyl sites for hydroxylation is 1. The normalized spacial score (nSPS) is 11.9. The van der Waals surface area contributed by atoms with Gasteiger partial charge in [0, 0.05) is 0 Å². The first-order valence-electron chi connectivity index (χ1n) is 4.99. The first-order valence-corrected chi connectivity index (χ1v) is 6.12. The van der Waals surface area contributed by atoms with Crippen LogP contribution in [0.15, 0.2) is 18.2 Å². The third-order valence-corrected chi connectivity index (χ3v) is 3.19. The lowest BCUT2D eigenvalue weighted by atomic mass is 10.2. The predicted molar refractivity (Wildman–Crippen MR) is 68.3 cm³/mol. The summed E-state index contributed by atoms with van der Waals surface area (Å²) in [5, 5.41) is 3.89. The number of benzene rings is 1. The van der Waals surface area contributed by atoms with Crippen LogP contribution in [0.4, 0.5) is 13.2 Å². The lowest BCUT2D eigenvalue weighted by Crippen LogP contribution is -2.07. The molecule has 8 heteroatoms. The molecule has 0 amide bonds. The molecule has 0 saturated carbocycles. The van der Waals surface area contributed by atoms with Crippen LogP contribution in [-0.4, -0.2) is 9.78 Å².